The molecular weight excluding hydrogens is 727 g/mol. The number of thiophene rings is 1. The van der Waals surface area contributed by atoms with Crippen LogP contribution in [0.4, 0.5) is 0 Å². The van der Waals surface area contributed by atoms with Crippen molar-refractivity contribution in [2.24, 2.45) is 0 Å². The Balaban J connectivity index is 1.09. The Morgan fingerprint density at radius 1 is 0.483 bits per heavy atom. The van der Waals surface area contributed by atoms with Crippen molar-refractivity contribution < 1.29 is 4.74 Å². The highest BCUT2D eigenvalue weighted by Crippen LogP contribution is 2.51. The second-order valence-corrected chi connectivity index (χ2v) is 16.1. The van der Waals surface area contributed by atoms with E-state index < -0.39 is 0 Å². The molecule has 1 aliphatic carbocycles. The molecule has 58 heavy (non-hydrogen) atoms. The van der Waals surface area contributed by atoms with Crippen molar-refractivity contribution >= 4 is 64.2 Å². The fraction of sp³-hybridized carbons (Fsp3) is 0.0377. The van der Waals surface area contributed by atoms with Gasteiger partial charge in [0.2, 0.25) is 0 Å². The number of para-hydroxylation sites is 1. The van der Waals surface area contributed by atoms with E-state index in [4.69, 9.17) is 19.7 Å². The Kier molecular flexibility index (Phi) is 7.50. The minimum atomic E-state index is -0.242. The van der Waals surface area contributed by atoms with Gasteiger partial charge >= 0.3 is 0 Å². The number of allylic oxidation sites excluding steroid dienone is 2. The zero-order chi connectivity index (χ0) is 38.2. The van der Waals surface area contributed by atoms with E-state index in [2.05, 4.69) is 176 Å². The molecule has 272 valence electrons. The second kappa shape index (κ2) is 13.2. The highest BCUT2D eigenvalue weighted by molar-refractivity contribution is 7.26. The minimum Gasteiger partial charge on any atom is -0.485 e. The van der Waals surface area contributed by atoms with E-state index in [9.17, 15) is 0 Å². The van der Waals surface area contributed by atoms with E-state index in [1.165, 1.54) is 47.5 Å². The van der Waals surface area contributed by atoms with E-state index in [0.717, 1.165) is 44.5 Å². The number of benzene rings is 8. The van der Waals surface area contributed by atoms with Gasteiger partial charge in [0.15, 0.2) is 17.5 Å². The van der Waals surface area contributed by atoms with Crippen LogP contribution in [0.2, 0.25) is 0 Å². The maximum atomic E-state index is 6.83. The second-order valence-electron chi connectivity index (χ2n) is 15.1. The van der Waals surface area contributed by atoms with Gasteiger partial charge in [-0.2, -0.15) is 0 Å². The molecule has 8 aromatic carbocycles. The van der Waals surface area contributed by atoms with Gasteiger partial charge in [0.05, 0.1) is 5.92 Å². The summed E-state index contributed by atoms with van der Waals surface area (Å²) in [5, 5.41) is 7.32. The number of aromatic nitrogens is 3. The maximum Gasteiger partial charge on any atom is 0.164 e. The van der Waals surface area contributed by atoms with Crippen LogP contribution in [0.3, 0.4) is 0 Å². The third-order valence-corrected chi connectivity index (χ3v) is 12.9. The van der Waals surface area contributed by atoms with Crippen LogP contribution in [0.15, 0.2) is 188 Å². The molecule has 1 aliphatic heterocycles. The lowest BCUT2D eigenvalue weighted by atomic mass is 9.80. The topological polar surface area (TPSA) is 47.9 Å². The molecule has 0 radical (unpaired) electrons. The molecule has 12 rings (SSSR count). The molecule has 2 aromatic heterocycles. The average Bonchev–Trinajstić information content (AvgIpc) is 3.88. The lowest BCUT2D eigenvalue weighted by Crippen LogP contribution is -2.22. The maximum absolute atomic E-state index is 6.83. The molecule has 0 bridgehead atoms. The molecule has 5 heteroatoms. The first-order chi connectivity index (χ1) is 28.7. The smallest absolute Gasteiger partial charge is 0.164 e. The first-order valence-electron chi connectivity index (χ1n) is 19.7. The van der Waals surface area contributed by atoms with Crippen molar-refractivity contribution in [3.05, 3.63) is 205 Å². The van der Waals surface area contributed by atoms with Crippen LogP contribution in [-0.4, -0.2) is 21.1 Å². The van der Waals surface area contributed by atoms with Gasteiger partial charge < -0.3 is 4.74 Å². The molecule has 0 saturated heterocycles. The fourth-order valence-corrected chi connectivity index (χ4v) is 10.2. The summed E-state index contributed by atoms with van der Waals surface area (Å²) in [6, 6.07) is 62.1. The van der Waals surface area contributed by atoms with E-state index in [-0.39, 0.29) is 12.0 Å². The van der Waals surface area contributed by atoms with E-state index in [1.807, 2.05) is 23.5 Å². The van der Waals surface area contributed by atoms with E-state index in [0.29, 0.717) is 17.5 Å². The third kappa shape index (κ3) is 5.39. The average molecular weight is 760 g/mol. The molecule has 0 fully saturated rings. The fourth-order valence-electron chi connectivity index (χ4n) is 8.89. The zero-order valence-corrected chi connectivity index (χ0v) is 32.0. The predicted octanol–water partition coefficient (Wildman–Crippen LogP) is 13.6. The zero-order valence-electron chi connectivity index (χ0n) is 31.2. The summed E-state index contributed by atoms with van der Waals surface area (Å²) in [7, 11) is 0. The van der Waals surface area contributed by atoms with Crippen molar-refractivity contribution in [2.75, 3.05) is 0 Å². The molecule has 4 nitrogen and oxygen atoms in total. The van der Waals surface area contributed by atoms with Crippen LogP contribution in [0.25, 0.3) is 86.8 Å². The summed E-state index contributed by atoms with van der Waals surface area (Å²) in [6.45, 7) is 0. The van der Waals surface area contributed by atoms with Crippen LogP contribution in [-0.2, 0) is 0 Å². The van der Waals surface area contributed by atoms with E-state index in [1.54, 1.807) is 0 Å². The summed E-state index contributed by atoms with van der Waals surface area (Å²) in [4.78, 5) is 15.9. The molecule has 10 aromatic rings. The monoisotopic (exact) mass is 759 g/mol. The Hall–Kier alpha value is -7.21. The standard InChI is InChI=1S/C53H33N3OS/c1-2-12-32(13-3-1)34-22-25-35(26-23-34)51-54-52(38-27-24-33-14-4-5-15-36(33)28-38)56-53(55-51)44-30-39(31-46-48(44)41-18-8-10-20-45(41)57-46)43-29-37-16-6-7-17-40(37)50-49(43)42-19-9-11-21-47(42)58-50/h1-31,46,48H. The van der Waals surface area contributed by atoms with Crippen molar-refractivity contribution in [1.29, 1.82) is 0 Å². The molecule has 0 N–H and O–H groups in total. The van der Waals surface area contributed by atoms with Crippen molar-refractivity contribution in [3.63, 3.8) is 0 Å². The van der Waals surface area contributed by atoms with E-state index >= 15 is 0 Å². The van der Waals surface area contributed by atoms with Gasteiger partial charge in [-0.1, -0.05) is 152 Å². The van der Waals surface area contributed by atoms with Crippen LogP contribution in [0.5, 0.6) is 5.75 Å². The highest BCUT2D eigenvalue weighted by atomic mass is 32.1. The largest absolute Gasteiger partial charge is 0.485 e. The molecule has 0 spiro atoms. The van der Waals surface area contributed by atoms with Gasteiger partial charge in [0.25, 0.3) is 0 Å². The molecule has 0 saturated carbocycles. The summed E-state index contributed by atoms with van der Waals surface area (Å²) in [5.41, 5.74) is 8.62. The Bertz CT molecular complexity index is 3330. The minimum absolute atomic E-state index is 0.102. The first kappa shape index (κ1) is 33.0. The Labute approximate surface area is 339 Å². The van der Waals surface area contributed by atoms with Gasteiger partial charge in [-0.05, 0) is 80.2 Å². The van der Waals surface area contributed by atoms with Gasteiger partial charge in [-0.25, -0.2) is 15.0 Å². The van der Waals surface area contributed by atoms with Crippen molar-refractivity contribution in [3.8, 4) is 39.7 Å². The molecule has 2 unspecified atom stereocenters. The summed E-state index contributed by atoms with van der Waals surface area (Å²) < 4.78 is 9.40. The molecule has 0 amide bonds. The number of hydrogen-bond donors (Lipinski definition) is 0. The van der Waals surface area contributed by atoms with Gasteiger partial charge in [-0.3, -0.25) is 0 Å². The Morgan fingerprint density at radius 2 is 1.12 bits per heavy atom. The molecule has 2 aliphatic rings. The third-order valence-electron chi connectivity index (χ3n) is 11.7. The van der Waals surface area contributed by atoms with Crippen molar-refractivity contribution in [1.82, 2.24) is 15.0 Å². The number of rotatable bonds is 5. The number of hydrogen-bond acceptors (Lipinski definition) is 5. The highest BCUT2D eigenvalue weighted by Gasteiger charge is 2.40. The van der Waals surface area contributed by atoms with Crippen LogP contribution in [0, 0.1) is 0 Å². The lowest BCUT2D eigenvalue weighted by Gasteiger charge is -2.26. The number of nitrogens with zero attached hydrogens (tertiary/aromatic N) is 3. The van der Waals surface area contributed by atoms with Crippen LogP contribution in [0.1, 0.15) is 22.9 Å². The normalized spacial score (nSPS) is 15.9. The summed E-state index contributed by atoms with van der Waals surface area (Å²) >= 11 is 1.86. The molecular formula is C53H33N3OS. The van der Waals surface area contributed by atoms with Crippen LogP contribution >= 0.6 is 11.3 Å². The first-order valence-corrected chi connectivity index (χ1v) is 20.5. The van der Waals surface area contributed by atoms with Gasteiger partial charge in [0, 0.05) is 42.4 Å². The predicted molar refractivity (Wildman–Crippen MR) is 240 cm³/mol. The number of fused-ring (bicyclic) bond motifs is 9. The molecule has 2 atom stereocenters. The van der Waals surface area contributed by atoms with Gasteiger partial charge in [-0.15, -0.1) is 11.3 Å². The van der Waals surface area contributed by atoms with Gasteiger partial charge in [0.1, 0.15) is 11.9 Å². The summed E-state index contributed by atoms with van der Waals surface area (Å²) in [5.74, 6) is 2.70. The Morgan fingerprint density at radius 3 is 1.98 bits per heavy atom. The number of ether oxygens (including phenoxy) is 1. The lowest BCUT2D eigenvalue weighted by molar-refractivity contribution is 0.272. The SMILES string of the molecule is C1=C(c2cc3ccccc3c3sc4ccccc4c23)C=C(c2nc(-c3ccc(-c4ccccc4)cc3)nc(-c3ccc4ccccc4c3)n2)C2c3ccccc3OC12. The van der Waals surface area contributed by atoms with Crippen molar-refractivity contribution in [2.45, 2.75) is 12.0 Å². The van der Waals surface area contributed by atoms with Crippen LogP contribution < -0.4 is 4.74 Å². The quantitative estimate of drug-likeness (QED) is 0.175. The summed E-state index contributed by atoms with van der Waals surface area (Å²) in [6.07, 6.45) is 4.40. The molecule has 3 heterocycles.